The van der Waals surface area contributed by atoms with E-state index in [0.29, 0.717) is 5.75 Å². The van der Waals surface area contributed by atoms with Crippen LogP contribution in [0.4, 0.5) is 5.82 Å². The van der Waals surface area contributed by atoms with Gasteiger partial charge in [0.2, 0.25) is 0 Å². The number of hydrogen-bond donors (Lipinski definition) is 2. The van der Waals surface area contributed by atoms with Crippen molar-refractivity contribution in [2.24, 2.45) is 0 Å². The molecule has 0 saturated heterocycles. The monoisotopic (exact) mass is 383 g/mol. The first-order chi connectivity index (χ1) is 11.4. The molecule has 3 rings (SSSR count). The zero-order valence-corrected chi connectivity index (χ0v) is 15.2. The molecule has 2 aromatic heterocycles. The highest BCUT2D eigenvalue weighted by Gasteiger charge is 2.20. The number of ether oxygens (including phenoxy) is 1. The number of nitrogens with one attached hydrogen (secondary N) is 2. The lowest BCUT2D eigenvalue weighted by Gasteiger charge is -2.08. The van der Waals surface area contributed by atoms with Crippen LogP contribution in [0.1, 0.15) is 4.88 Å². The van der Waals surface area contributed by atoms with E-state index in [9.17, 15) is 8.42 Å². The SMILES string of the molecule is COc1ccc(Cl)c(S(=O)(=O)Nc2cc(-c3ccc(C)s3)[nH]n2)c1. The first kappa shape index (κ1) is 16.8. The highest BCUT2D eigenvalue weighted by atomic mass is 35.5. The van der Waals surface area contributed by atoms with Gasteiger partial charge in [0.15, 0.2) is 5.82 Å². The molecule has 0 atom stereocenters. The molecule has 0 aliphatic heterocycles. The quantitative estimate of drug-likeness (QED) is 0.699. The van der Waals surface area contributed by atoms with Crippen molar-refractivity contribution in [2.45, 2.75) is 11.8 Å². The normalized spacial score (nSPS) is 11.5. The van der Waals surface area contributed by atoms with Gasteiger partial charge in [-0.25, -0.2) is 8.42 Å². The number of nitrogens with zero attached hydrogens (tertiary/aromatic N) is 1. The van der Waals surface area contributed by atoms with E-state index in [1.165, 1.54) is 19.2 Å². The summed E-state index contributed by atoms with van der Waals surface area (Å²) < 4.78 is 32.5. The molecule has 126 valence electrons. The Morgan fingerprint density at radius 3 is 2.71 bits per heavy atom. The van der Waals surface area contributed by atoms with Gasteiger partial charge in [-0.3, -0.25) is 9.82 Å². The van der Waals surface area contributed by atoms with Gasteiger partial charge in [0, 0.05) is 17.0 Å². The molecule has 0 spiro atoms. The van der Waals surface area contributed by atoms with Crippen LogP contribution < -0.4 is 9.46 Å². The number of methoxy groups -OCH3 is 1. The van der Waals surface area contributed by atoms with Gasteiger partial charge < -0.3 is 4.74 Å². The summed E-state index contributed by atoms with van der Waals surface area (Å²) in [6.07, 6.45) is 0. The molecule has 0 aliphatic carbocycles. The van der Waals surface area contributed by atoms with Crippen molar-refractivity contribution in [1.29, 1.82) is 0 Å². The molecule has 0 saturated carbocycles. The number of rotatable bonds is 5. The van der Waals surface area contributed by atoms with Gasteiger partial charge >= 0.3 is 0 Å². The maximum absolute atomic E-state index is 12.5. The Morgan fingerprint density at radius 2 is 2.04 bits per heavy atom. The van der Waals surface area contributed by atoms with Crippen LogP contribution in [0.5, 0.6) is 5.75 Å². The van der Waals surface area contributed by atoms with E-state index in [1.807, 2.05) is 19.1 Å². The zero-order chi connectivity index (χ0) is 17.3. The first-order valence-corrected chi connectivity index (χ1v) is 9.55. The molecule has 24 heavy (non-hydrogen) atoms. The van der Waals surface area contributed by atoms with Crippen LogP contribution >= 0.6 is 22.9 Å². The molecule has 6 nitrogen and oxygen atoms in total. The number of anilines is 1. The van der Waals surface area contributed by atoms with E-state index < -0.39 is 10.0 Å². The number of aromatic amines is 1. The van der Waals surface area contributed by atoms with E-state index in [4.69, 9.17) is 16.3 Å². The lowest BCUT2D eigenvalue weighted by atomic mass is 10.3. The average molecular weight is 384 g/mol. The topological polar surface area (TPSA) is 84.1 Å². The van der Waals surface area contributed by atoms with Crippen LogP contribution in [0.25, 0.3) is 10.6 Å². The molecular weight excluding hydrogens is 370 g/mol. The molecule has 9 heteroatoms. The minimum Gasteiger partial charge on any atom is -0.497 e. The van der Waals surface area contributed by atoms with Crippen molar-refractivity contribution in [3.05, 3.63) is 46.3 Å². The third-order valence-corrected chi connectivity index (χ3v) is 6.12. The minimum absolute atomic E-state index is 0.0694. The van der Waals surface area contributed by atoms with E-state index >= 15 is 0 Å². The van der Waals surface area contributed by atoms with Gasteiger partial charge in [0.1, 0.15) is 10.6 Å². The summed E-state index contributed by atoms with van der Waals surface area (Å²) in [6.45, 7) is 2.00. The predicted molar refractivity (Wildman–Crippen MR) is 95.5 cm³/mol. The van der Waals surface area contributed by atoms with Gasteiger partial charge in [-0.15, -0.1) is 11.3 Å². The molecule has 0 bridgehead atoms. The molecule has 0 unspecified atom stereocenters. The fourth-order valence-electron chi connectivity index (χ4n) is 2.09. The lowest BCUT2D eigenvalue weighted by molar-refractivity contribution is 0.413. The molecule has 0 amide bonds. The summed E-state index contributed by atoms with van der Waals surface area (Å²) in [6, 6.07) is 10.00. The number of hydrogen-bond acceptors (Lipinski definition) is 5. The predicted octanol–water partition coefficient (Wildman–Crippen LogP) is 3.91. The van der Waals surface area contributed by atoms with E-state index in [1.54, 1.807) is 23.5 Å². The summed E-state index contributed by atoms with van der Waals surface area (Å²) in [7, 11) is -2.43. The van der Waals surface area contributed by atoms with Gasteiger partial charge in [-0.2, -0.15) is 5.10 Å². The maximum atomic E-state index is 12.5. The van der Waals surface area contributed by atoms with E-state index in [0.717, 1.165) is 15.4 Å². The van der Waals surface area contributed by atoms with Gasteiger partial charge in [0.25, 0.3) is 10.0 Å². The Balaban J connectivity index is 1.89. The summed E-state index contributed by atoms with van der Waals surface area (Å²) in [5.41, 5.74) is 0.738. The van der Waals surface area contributed by atoms with Crippen molar-refractivity contribution in [2.75, 3.05) is 11.8 Å². The summed E-state index contributed by atoms with van der Waals surface area (Å²) in [4.78, 5) is 2.06. The van der Waals surface area contributed by atoms with Crippen LogP contribution in [0.3, 0.4) is 0 Å². The van der Waals surface area contributed by atoms with E-state index in [2.05, 4.69) is 14.9 Å². The number of benzene rings is 1. The molecular formula is C15H14ClN3O3S2. The Labute approximate surface area is 148 Å². The third kappa shape index (κ3) is 3.40. The summed E-state index contributed by atoms with van der Waals surface area (Å²) in [5, 5.41) is 6.93. The number of halogens is 1. The lowest BCUT2D eigenvalue weighted by Crippen LogP contribution is -2.13. The molecule has 0 fully saturated rings. The van der Waals surface area contributed by atoms with Crippen molar-refractivity contribution < 1.29 is 13.2 Å². The fourth-order valence-corrected chi connectivity index (χ4v) is 4.43. The molecule has 0 aliphatic rings. The second-order valence-electron chi connectivity index (χ2n) is 4.98. The smallest absolute Gasteiger partial charge is 0.264 e. The van der Waals surface area contributed by atoms with Crippen LogP contribution in [0, 0.1) is 6.92 Å². The van der Waals surface area contributed by atoms with E-state index in [-0.39, 0.29) is 15.7 Å². The second-order valence-corrected chi connectivity index (χ2v) is 8.32. The zero-order valence-electron chi connectivity index (χ0n) is 12.8. The van der Waals surface area contributed by atoms with Crippen molar-refractivity contribution in [3.63, 3.8) is 0 Å². The first-order valence-electron chi connectivity index (χ1n) is 6.87. The van der Waals surface area contributed by atoms with Crippen LogP contribution in [-0.4, -0.2) is 25.7 Å². The number of aromatic nitrogens is 2. The van der Waals surface area contributed by atoms with Gasteiger partial charge in [-0.1, -0.05) is 11.6 Å². The number of sulfonamides is 1. The Kier molecular flexibility index (Phi) is 4.53. The number of thiophene rings is 1. The molecule has 0 radical (unpaired) electrons. The Morgan fingerprint density at radius 1 is 1.25 bits per heavy atom. The fraction of sp³-hybridized carbons (Fsp3) is 0.133. The standard InChI is InChI=1S/C15H14ClN3O3S2/c1-9-3-6-13(23-9)12-8-15(18-17-12)19-24(20,21)14-7-10(22-2)4-5-11(14)16/h3-8H,1-2H3,(H2,17,18,19). The highest BCUT2D eigenvalue weighted by molar-refractivity contribution is 7.92. The van der Waals surface area contributed by atoms with Gasteiger partial charge in [0.05, 0.1) is 22.7 Å². The maximum Gasteiger partial charge on any atom is 0.264 e. The van der Waals surface area contributed by atoms with Crippen molar-refractivity contribution >= 4 is 38.8 Å². The van der Waals surface area contributed by atoms with Crippen molar-refractivity contribution in [3.8, 4) is 16.3 Å². The van der Waals surface area contributed by atoms with Crippen LogP contribution in [-0.2, 0) is 10.0 Å². The molecule has 2 heterocycles. The minimum atomic E-state index is -3.88. The Bertz CT molecular complexity index is 980. The average Bonchev–Trinajstić information content (AvgIpc) is 3.16. The largest absolute Gasteiger partial charge is 0.497 e. The summed E-state index contributed by atoms with van der Waals surface area (Å²) in [5.74, 6) is 0.589. The van der Waals surface area contributed by atoms with Gasteiger partial charge in [-0.05, 0) is 31.2 Å². The summed E-state index contributed by atoms with van der Waals surface area (Å²) >= 11 is 7.60. The third-order valence-electron chi connectivity index (χ3n) is 3.25. The number of H-pyrrole nitrogens is 1. The van der Waals surface area contributed by atoms with Crippen LogP contribution in [0.2, 0.25) is 5.02 Å². The molecule has 3 aromatic rings. The van der Waals surface area contributed by atoms with Crippen LogP contribution in [0.15, 0.2) is 41.3 Å². The second kappa shape index (κ2) is 6.46. The van der Waals surface area contributed by atoms with Crippen molar-refractivity contribution in [1.82, 2.24) is 10.2 Å². The Hall–Kier alpha value is -2.03. The highest BCUT2D eigenvalue weighted by Crippen LogP contribution is 2.30. The number of aryl methyl sites for hydroxylation is 1. The molecule has 2 N–H and O–H groups in total. The molecule has 1 aromatic carbocycles.